The van der Waals surface area contributed by atoms with Crippen molar-refractivity contribution >= 4 is 45.9 Å². The molecule has 5 heteroatoms. The van der Waals surface area contributed by atoms with E-state index in [1.54, 1.807) is 23.7 Å². The lowest BCUT2D eigenvalue weighted by Gasteiger charge is -2.16. The van der Waals surface area contributed by atoms with Crippen LogP contribution < -0.4 is 0 Å². The van der Waals surface area contributed by atoms with Crippen LogP contribution in [0.3, 0.4) is 0 Å². The van der Waals surface area contributed by atoms with Gasteiger partial charge in [0.25, 0.3) is 0 Å². The Labute approximate surface area is 129 Å². The smallest absolute Gasteiger partial charge is 0.211 e. The number of thiazole rings is 1. The van der Waals surface area contributed by atoms with Gasteiger partial charge in [-0.1, -0.05) is 24.3 Å². The average molecular weight is 311 g/mol. The molecule has 0 aliphatic heterocycles. The van der Waals surface area contributed by atoms with Gasteiger partial charge in [0, 0.05) is 18.2 Å². The molecule has 0 saturated heterocycles. The molecule has 21 heavy (non-hydrogen) atoms. The molecule has 0 bridgehead atoms. The van der Waals surface area contributed by atoms with Crippen LogP contribution in [0.25, 0.3) is 10.8 Å². The molecule has 1 heterocycles. The summed E-state index contributed by atoms with van der Waals surface area (Å²) in [5.41, 5.74) is 1.36. The van der Waals surface area contributed by atoms with Crippen molar-refractivity contribution in [1.29, 1.82) is 0 Å². The van der Waals surface area contributed by atoms with Crippen LogP contribution in [0.1, 0.15) is 31.3 Å². The molecule has 0 spiro atoms. The Morgan fingerprint density at radius 3 is 2.19 bits per heavy atom. The lowest BCUT2D eigenvalue weighted by molar-refractivity contribution is 0.0976. The van der Waals surface area contributed by atoms with Gasteiger partial charge >= 0.3 is 0 Å². The van der Waals surface area contributed by atoms with Crippen molar-refractivity contribution in [3.05, 3.63) is 62.1 Å². The maximum absolute atomic E-state index is 12.7. The second kappa shape index (κ2) is 4.19. The molecule has 0 amide bonds. The van der Waals surface area contributed by atoms with Crippen LogP contribution >= 0.6 is 23.6 Å². The van der Waals surface area contributed by atoms with Crippen molar-refractivity contribution in [2.24, 2.45) is 7.05 Å². The zero-order valence-corrected chi connectivity index (χ0v) is 12.7. The molecule has 1 aromatic heterocycles. The molecule has 0 N–H and O–H groups in total. The molecule has 1 aliphatic rings. The SMILES string of the molecule is Cn1c2c(sc1=S)C(=O)c1cc3ccccc3cc1C2=O. The topological polar surface area (TPSA) is 39.1 Å². The van der Waals surface area contributed by atoms with Gasteiger partial charge in [-0.15, -0.1) is 11.3 Å². The van der Waals surface area contributed by atoms with E-state index in [0.29, 0.717) is 25.7 Å². The van der Waals surface area contributed by atoms with Crippen LogP contribution in [0.5, 0.6) is 0 Å². The summed E-state index contributed by atoms with van der Waals surface area (Å²) in [7, 11) is 1.73. The third-order valence-electron chi connectivity index (χ3n) is 3.81. The van der Waals surface area contributed by atoms with Crippen molar-refractivity contribution in [1.82, 2.24) is 4.57 Å². The monoisotopic (exact) mass is 311 g/mol. The van der Waals surface area contributed by atoms with E-state index in [4.69, 9.17) is 12.2 Å². The van der Waals surface area contributed by atoms with E-state index in [1.165, 1.54) is 11.3 Å². The van der Waals surface area contributed by atoms with Crippen molar-refractivity contribution in [2.75, 3.05) is 0 Å². The van der Waals surface area contributed by atoms with E-state index in [0.717, 1.165) is 10.8 Å². The first-order valence-electron chi connectivity index (χ1n) is 6.40. The highest BCUT2D eigenvalue weighted by atomic mass is 32.1. The van der Waals surface area contributed by atoms with E-state index in [-0.39, 0.29) is 11.6 Å². The number of rotatable bonds is 0. The van der Waals surface area contributed by atoms with Crippen LogP contribution in [-0.2, 0) is 7.05 Å². The number of fused-ring (bicyclic) bond motifs is 3. The number of aromatic nitrogens is 1. The fraction of sp³-hybridized carbons (Fsp3) is 0.0625. The minimum absolute atomic E-state index is 0.109. The molecular formula is C16H9NO2S2. The molecule has 0 atom stereocenters. The summed E-state index contributed by atoms with van der Waals surface area (Å²) in [5.74, 6) is -0.234. The first-order chi connectivity index (χ1) is 10.1. The van der Waals surface area contributed by atoms with E-state index in [1.807, 2.05) is 24.3 Å². The summed E-state index contributed by atoms with van der Waals surface area (Å²) >= 11 is 6.41. The number of carbonyl (C=O) groups excluding carboxylic acids is 2. The molecule has 102 valence electrons. The molecule has 4 rings (SSSR count). The normalized spacial score (nSPS) is 13.4. The highest BCUT2D eigenvalue weighted by Gasteiger charge is 2.33. The van der Waals surface area contributed by atoms with Crippen LogP contribution in [-0.4, -0.2) is 16.1 Å². The minimum atomic E-state index is -0.125. The Morgan fingerprint density at radius 2 is 1.57 bits per heavy atom. The number of carbonyl (C=O) groups is 2. The number of hydrogen-bond donors (Lipinski definition) is 0. The van der Waals surface area contributed by atoms with E-state index in [9.17, 15) is 9.59 Å². The number of hydrogen-bond acceptors (Lipinski definition) is 4. The molecule has 0 unspecified atom stereocenters. The molecule has 0 fully saturated rings. The predicted octanol–water partition coefficient (Wildman–Crippen LogP) is 3.74. The van der Waals surface area contributed by atoms with Gasteiger partial charge in [-0.2, -0.15) is 0 Å². The third-order valence-corrected chi connectivity index (χ3v) is 5.37. The largest absolute Gasteiger partial charge is 0.323 e. The molecule has 2 aromatic carbocycles. The van der Waals surface area contributed by atoms with Crippen LogP contribution in [0.4, 0.5) is 0 Å². The van der Waals surface area contributed by atoms with Gasteiger partial charge in [0.1, 0.15) is 10.6 Å². The highest BCUT2D eigenvalue weighted by molar-refractivity contribution is 7.73. The fourth-order valence-electron chi connectivity index (χ4n) is 2.72. The quantitative estimate of drug-likeness (QED) is 0.464. The summed E-state index contributed by atoms with van der Waals surface area (Å²) in [6, 6.07) is 11.3. The van der Waals surface area contributed by atoms with E-state index < -0.39 is 0 Å². The van der Waals surface area contributed by atoms with Gasteiger partial charge in [-0.05, 0) is 35.1 Å². The van der Waals surface area contributed by atoms with Gasteiger partial charge in [0.15, 0.2) is 3.95 Å². The number of nitrogens with zero attached hydrogens (tertiary/aromatic N) is 1. The van der Waals surface area contributed by atoms with Crippen molar-refractivity contribution < 1.29 is 9.59 Å². The van der Waals surface area contributed by atoms with E-state index in [2.05, 4.69) is 0 Å². The molecule has 0 radical (unpaired) electrons. The number of benzene rings is 2. The first kappa shape index (κ1) is 12.6. The van der Waals surface area contributed by atoms with Gasteiger partial charge in [-0.3, -0.25) is 9.59 Å². The molecular weight excluding hydrogens is 302 g/mol. The van der Waals surface area contributed by atoms with Crippen molar-refractivity contribution in [3.63, 3.8) is 0 Å². The molecule has 3 aromatic rings. The summed E-state index contributed by atoms with van der Waals surface area (Å²) < 4.78 is 2.17. The van der Waals surface area contributed by atoms with Crippen LogP contribution in [0, 0.1) is 3.95 Å². The molecule has 1 aliphatic carbocycles. The second-order valence-electron chi connectivity index (χ2n) is 5.01. The summed E-state index contributed by atoms with van der Waals surface area (Å²) in [6.07, 6.45) is 0. The Bertz CT molecular complexity index is 1010. The maximum atomic E-state index is 12.7. The van der Waals surface area contributed by atoms with Gasteiger partial charge in [-0.25, -0.2) is 0 Å². The summed E-state index contributed by atoms with van der Waals surface area (Å²) in [4.78, 5) is 25.8. The Hall–Kier alpha value is -2.11. The maximum Gasteiger partial charge on any atom is 0.211 e. The Balaban J connectivity index is 2.11. The minimum Gasteiger partial charge on any atom is -0.323 e. The standard InChI is InChI=1S/C16H9NO2S2/c1-17-12-13(18)10-6-8-4-2-3-5-9(8)7-11(10)14(19)15(12)21-16(17)20/h2-7H,1H3. The Kier molecular flexibility index (Phi) is 2.52. The average Bonchev–Trinajstić information content (AvgIpc) is 2.79. The van der Waals surface area contributed by atoms with E-state index >= 15 is 0 Å². The molecule has 3 nitrogen and oxygen atoms in total. The lowest BCUT2D eigenvalue weighted by Crippen LogP contribution is -2.21. The zero-order valence-electron chi connectivity index (χ0n) is 11.0. The highest BCUT2D eigenvalue weighted by Crippen LogP contribution is 2.33. The van der Waals surface area contributed by atoms with Gasteiger partial charge in [0.05, 0.1) is 0 Å². The molecule has 0 saturated carbocycles. The zero-order chi connectivity index (χ0) is 14.7. The first-order valence-corrected chi connectivity index (χ1v) is 7.62. The fourth-order valence-corrected chi connectivity index (χ4v) is 4.00. The van der Waals surface area contributed by atoms with Gasteiger partial charge in [0.2, 0.25) is 11.6 Å². The van der Waals surface area contributed by atoms with Gasteiger partial charge < -0.3 is 4.57 Å². The second-order valence-corrected chi connectivity index (χ2v) is 6.65. The third kappa shape index (κ3) is 1.61. The summed E-state index contributed by atoms with van der Waals surface area (Å²) in [5, 5.41) is 1.91. The van der Waals surface area contributed by atoms with Crippen LogP contribution in [0.15, 0.2) is 36.4 Å². The van der Waals surface area contributed by atoms with Crippen molar-refractivity contribution in [2.45, 2.75) is 0 Å². The number of ketones is 2. The van der Waals surface area contributed by atoms with Crippen LogP contribution in [0.2, 0.25) is 0 Å². The summed E-state index contributed by atoms with van der Waals surface area (Å²) in [6.45, 7) is 0. The lowest BCUT2D eigenvalue weighted by atomic mass is 9.89. The van der Waals surface area contributed by atoms with Crippen molar-refractivity contribution in [3.8, 4) is 0 Å². The predicted molar refractivity (Wildman–Crippen MR) is 84.9 cm³/mol. The Morgan fingerprint density at radius 1 is 1.00 bits per heavy atom.